The molecule has 1 fully saturated rings. The normalized spacial score (nSPS) is 17.8. The van der Waals surface area contributed by atoms with Crippen molar-refractivity contribution in [2.45, 2.75) is 52.1 Å². The first-order valence-electron chi connectivity index (χ1n) is 9.06. The van der Waals surface area contributed by atoms with Gasteiger partial charge in [0.2, 0.25) is 5.91 Å². The van der Waals surface area contributed by atoms with Gasteiger partial charge in [0.05, 0.1) is 11.7 Å². The Balaban J connectivity index is 1.78. The molecule has 4 nitrogen and oxygen atoms in total. The van der Waals surface area contributed by atoms with Gasteiger partial charge in [-0.25, -0.2) is 0 Å². The monoisotopic (exact) mass is 337 g/mol. The van der Waals surface area contributed by atoms with E-state index < -0.39 is 0 Å². The topological polar surface area (TPSA) is 59.2 Å². The molecule has 0 saturated carbocycles. The molecule has 0 unspecified atom stereocenters. The predicted molar refractivity (Wildman–Crippen MR) is 100 cm³/mol. The number of nitrogens with zero attached hydrogens (tertiary/aromatic N) is 2. The number of aryl methyl sites for hydroxylation is 3. The van der Waals surface area contributed by atoms with Crippen LogP contribution in [0.25, 0.3) is 0 Å². The minimum atomic E-state index is -0.252. The molecule has 0 bridgehead atoms. The summed E-state index contributed by atoms with van der Waals surface area (Å²) in [4.78, 5) is 18.4. The Labute approximate surface area is 150 Å². The lowest BCUT2D eigenvalue weighted by Gasteiger charge is -2.25. The van der Waals surface area contributed by atoms with Crippen molar-refractivity contribution < 1.29 is 4.79 Å². The maximum absolute atomic E-state index is 11.1. The number of likely N-dealkylation sites (tertiary alicyclic amines) is 1. The molecule has 1 amide bonds. The number of nitrogens with two attached hydrogens (primary N) is 1. The van der Waals surface area contributed by atoms with Crippen LogP contribution in [0.2, 0.25) is 0 Å². The number of amides is 1. The van der Waals surface area contributed by atoms with E-state index in [1.54, 1.807) is 0 Å². The number of carbonyl (C=O) groups is 1. The molecular formula is C21H27N3O. The highest BCUT2D eigenvalue weighted by Crippen LogP contribution is 2.33. The number of carbonyl (C=O) groups excluding carboxylic acids is 1. The van der Waals surface area contributed by atoms with Crippen LogP contribution in [0, 0.1) is 13.8 Å². The standard InChI is InChI=1S/C21H27N3O/c1-15-5-3-6-18(11-15)14-24-10-4-7-20(24)19-13-17(8-9-21(22)25)12-16(2)23-19/h3,5-6,11-13,20H,4,7-10,14H2,1-2H3,(H2,22,25)/t20-/m1/s1. The molecule has 1 aliphatic heterocycles. The van der Waals surface area contributed by atoms with E-state index in [4.69, 9.17) is 10.7 Å². The first-order valence-corrected chi connectivity index (χ1v) is 9.06. The van der Waals surface area contributed by atoms with Crippen molar-refractivity contribution >= 4 is 5.91 Å². The molecule has 132 valence electrons. The Morgan fingerprint density at radius 1 is 1.24 bits per heavy atom. The van der Waals surface area contributed by atoms with Crippen LogP contribution in [-0.4, -0.2) is 22.3 Å². The number of aromatic nitrogens is 1. The zero-order valence-corrected chi connectivity index (χ0v) is 15.2. The van der Waals surface area contributed by atoms with Gasteiger partial charge in [0.25, 0.3) is 0 Å². The fourth-order valence-electron chi connectivity index (χ4n) is 3.75. The van der Waals surface area contributed by atoms with Crippen molar-refractivity contribution in [2.24, 2.45) is 5.73 Å². The molecule has 0 spiro atoms. The molecule has 3 rings (SSSR count). The highest BCUT2D eigenvalue weighted by atomic mass is 16.1. The molecule has 1 aromatic heterocycles. The van der Waals surface area contributed by atoms with E-state index in [1.165, 1.54) is 17.5 Å². The number of hydrogen-bond acceptors (Lipinski definition) is 3. The second kappa shape index (κ2) is 7.79. The zero-order valence-electron chi connectivity index (χ0n) is 15.2. The first kappa shape index (κ1) is 17.6. The molecule has 2 N–H and O–H groups in total. The number of benzene rings is 1. The molecule has 1 aliphatic rings. The van der Waals surface area contributed by atoms with Gasteiger partial charge in [0.15, 0.2) is 0 Å². The van der Waals surface area contributed by atoms with E-state index in [9.17, 15) is 4.79 Å². The number of rotatable bonds is 6. The van der Waals surface area contributed by atoms with Gasteiger partial charge in [0.1, 0.15) is 0 Å². The van der Waals surface area contributed by atoms with Gasteiger partial charge >= 0.3 is 0 Å². The molecule has 1 atom stereocenters. The summed E-state index contributed by atoms with van der Waals surface area (Å²) in [5.74, 6) is -0.252. The highest BCUT2D eigenvalue weighted by molar-refractivity contribution is 5.74. The molecular weight excluding hydrogens is 310 g/mol. The molecule has 0 radical (unpaired) electrons. The SMILES string of the molecule is Cc1cccc(CN2CCC[C@@H]2c2cc(CCC(N)=O)cc(C)n2)c1. The van der Waals surface area contributed by atoms with Crippen LogP contribution < -0.4 is 5.73 Å². The largest absolute Gasteiger partial charge is 0.370 e. The lowest BCUT2D eigenvalue weighted by atomic mass is 10.0. The van der Waals surface area contributed by atoms with Gasteiger partial charge in [-0.1, -0.05) is 29.8 Å². The number of pyridine rings is 1. The van der Waals surface area contributed by atoms with E-state index in [0.29, 0.717) is 18.9 Å². The maximum Gasteiger partial charge on any atom is 0.217 e. The van der Waals surface area contributed by atoms with Crippen molar-refractivity contribution in [3.05, 3.63) is 64.5 Å². The highest BCUT2D eigenvalue weighted by Gasteiger charge is 2.27. The third-order valence-corrected chi connectivity index (χ3v) is 4.87. The van der Waals surface area contributed by atoms with E-state index in [-0.39, 0.29) is 5.91 Å². The average Bonchev–Trinajstić information content (AvgIpc) is 3.00. The number of primary amides is 1. The summed E-state index contributed by atoms with van der Waals surface area (Å²) in [6.45, 7) is 6.22. The zero-order chi connectivity index (χ0) is 17.8. The second-order valence-corrected chi connectivity index (χ2v) is 7.13. The van der Waals surface area contributed by atoms with Gasteiger partial charge in [-0.15, -0.1) is 0 Å². The van der Waals surface area contributed by atoms with Crippen molar-refractivity contribution in [3.63, 3.8) is 0 Å². The van der Waals surface area contributed by atoms with Crippen LogP contribution >= 0.6 is 0 Å². The Kier molecular flexibility index (Phi) is 5.49. The van der Waals surface area contributed by atoms with Crippen LogP contribution in [0.1, 0.15) is 53.4 Å². The Morgan fingerprint density at radius 3 is 2.84 bits per heavy atom. The first-order chi connectivity index (χ1) is 12.0. The van der Waals surface area contributed by atoms with Crippen molar-refractivity contribution in [1.82, 2.24) is 9.88 Å². The van der Waals surface area contributed by atoms with Crippen molar-refractivity contribution in [3.8, 4) is 0 Å². The smallest absolute Gasteiger partial charge is 0.217 e. The average molecular weight is 337 g/mol. The molecule has 4 heteroatoms. The van der Waals surface area contributed by atoms with Gasteiger partial charge in [0, 0.05) is 18.7 Å². The van der Waals surface area contributed by atoms with Crippen LogP contribution in [0.4, 0.5) is 0 Å². The van der Waals surface area contributed by atoms with E-state index >= 15 is 0 Å². The van der Waals surface area contributed by atoms with Crippen LogP contribution in [0.15, 0.2) is 36.4 Å². The summed E-state index contributed by atoms with van der Waals surface area (Å²) in [5, 5.41) is 0. The van der Waals surface area contributed by atoms with Crippen LogP contribution in [0.3, 0.4) is 0 Å². The lowest BCUT2D eigenvalue weighted by molar-refractivity contribution is -0.117. The minimum Gasteiger partial charge on any atom is -0.370 e. The third-order valence-electron chi connectivity index (χ3n) is 4.87. The van der Waals surface area contributed by atoms with E-state index in [0.717, 1.165) is 36.5 Å². The van der Waals surface area contributed by atoms with Crippen molar-refractivity contribution in [1.29, 1.82) is 0 Å². The Hall–Kier alpha value is -2.20. The minimum absolute atomic E-state index is 0.252. The quantitative estimate of drug-likeness (QED) is 0.878. The Morgan fingerprint density at radius 2 is 2.08 bits per heavy atom. The fraction of sp³-hybridized carbons (Fsp3) is 0.429. The number of hydrogen-bond donors (Lipinski definition) is 1. The van der Waals surface area contributed by atoms with Gasteiger partial charge in [-0.2, -0.15) is 0 Å². The molecule has 2 aromatic rings. The third kappa shape index (κ3) is 4.67. The van der Waals surface area contributed by atoms with Crippen molar-refractivity contribution in [2.75, 3.05) is 6.54 Å². The predicted octanol–water partition coefficient (Wildman–Crippen LogP) is 3.45. The summed E-state index contributed by atoms with van der Waals surface area (Å²) in [6, 6.07) is 13.3. The summed E-state index contributed by atoms with van der Waals surface area (Å²) in [6.07, 6.45) is 3.41. The summed E-state index contributed by atoms with van der Waals surface area (Å²) in [5.41, 5.74) is 11.3. The van der Waals surface area contributed by atoms with Crippen LogP contribution in [-0.2, 0) is 17.8 Å². The van der Waals surface area contributed by atoms with Gasteiger partial charge < -0.3 is 5.73 Å². The summed E-state index contributed by atoms with van der Waals surface area (Å²) >= 11 is 0. The van der Waals surface area contributed by atoms with Gasteiger partial charge in [-0.05, 0) is 62.9 Å². The second-order valence-electron chi connectivity index (χ2n) is 7.13. The van der Waals surface area contributed by atoms with E-state index in [1.807, 2.05) is 6.92 Å². The molecule has 1 saturated heterocycles. The molecule has 1 aromatic carbocycles. The van der Waals surface area contributed by atoms with Crippen LogP contribution in [0.5, 0.6) is 0 Å². The maximum atomic E-state index is 11.1. The molecule has 2 heterocycles. The summed E-state index contributed by atoms with van der Waals surface area (Å²) in [7, 11) is 0. The molecule has 25 heavy (non-hydrogen) atoms. The lowest BCUT2D eigenvalue weighted by Crippen LogP contribution is -2.24. The van der Waals surface area contributed by atoms with E-state index in [2.05, 4.69) is 48.2 Å². The fourth-order valence-corrected chi connectivity index (χ4v) is 3.75. The van der Waals surface area contributed by atoms with Gasteiger partial charge in [-0.3, -0.25) is 14.7 Å². The molecule has 0 aliphatic carbocycles. The summed E-state index contributed by atoms with van der Waals surface area (Å²) < 4.78 is 0. The Bertz CT molecular complexity index is 757.